The molecule has 0 unspecified atom stereocenters. The third-order valence-corrected chi connectivity index (χ3v) is 6.91. The van der Waals surface area contributed by atoms with Gasteiger partial charge in [-0.15, -0.1) is 0 Å². The van der Waals surface area contributed by atoms with Crippen LogP contribution in [0.15, 0.2) is 66.7 Å². The number of anilines is 3. The highest BCUT2D eigenvalue weighted by atomic mass is 19.4. The molecular weight excluding hydrogens is 474 g/mol. The largest absolute Gasteiger partial charge is 0.497 e. The fraction of sp³-hybridized carbons (Fsp3) is 0.296. The molecule has 2 heterocycles. The van der Waals surface area contributed by atoms with Crippen LogP contribution in [-0.2, 0) is 17.4 Å². The zero-order valence-corrected chi connectivity index (χ0v) is 19.6. The van der Waals surface area contributed by atoms with Gasteiger partial charge >= 0.3 is 6.18 Å². The molecule has 0 saturated carbocycles. The van der Waals surface area contributed by atoms with Crippen molar-refractivity contribution in [3.63, 3.8) is 0 Å². The molecule has 1 N–H and O–H groups in total. The Kier molecular flexibility index (Phi) is 6.24. The number of hydrogen-bond acceptors (Lipinski definition) is 4. The summed E-state index contributed by atoms with van der Waals surface area (Å²) in [6.45, 7) is 1.28. The van der Waals surface area contributed by atoms with Crippen LogP contribution in [0, 0.1) is 11.7 Å². The van der Waals surface area contributed by atoms with Crippen LogP contribution in [0.5, 0.6) is 5.75 Å². The van der Waals surface area contributed by atoms with Crippen LogP contribution in [0.1, 0.15) is 11.1 Å². The number of carbonyl (C=O) groups excluding carboxylic acids is 1. The van der Waals surface area contributed by atoms with Gasteiger partial charge in [0.05, 0.1) is 30.3 Å². The first-order valence-corrected chi connectivity index (χ1v) is 11.7. The molecule has 36 heavy (non-hydrogen) atoms. The van der Waals surface area contributed by atoms with Gasteiger partial charge in [-0.3, -0.25) is 4.79 Å². The van der Waals surface area contributed by atoms with E-state index in [1.807, 2.05) is 9.80 Å². The summed E-state index contributed by atoms with van der Waals surface area (Å²) in [6, 6.07) is 16.7. The summed E-state index contributed by atoms with van der Waals surface area (Å²) in [6.07, 6.45) is -4.34. The summed E-state index contributed by atoms with van der Waals surface area (Å²) in [7, 11) is 1.52. The van der Waals surface area contributed by atoms with Gasteiger partial charge in [0, 0.05) is 37.1 Å². The lowest BCUT2D eigenvalue weighted by Crippen LogP contribution is -2.60. The number of carbonyl (C=O) groups is 1. The maximum atomic E-state index is 14.6. The molecule has 0 spiro atoms. The van der Waals surface area contributed by atoms with Crippen molar-refractivity contribution in [2.45, 2.75) is 18.6 Å². The second-order valence-corrected chi connectivity index (χ2v) is 9.03. The number of piperazine rings is 1. The lowest BCUT2D eigenvalue weighted by atomic mass is 9.82. The van der Waals surface area contributed by atoms with E-state index in [0.717, 1.165) is 12.1 Å². The predicted octanol–water partition coefficient (Wildman–Crippen LogP) is 5.36. The Bertz CT molecular complexity index is 1280. The molecule has 188 valence electrons. The standard InChI is InChI=1S/C27H25F4N3O2/c1-36-20-6-4-5-19(15-20)32-26(35)21-14-17-13-18(27(29,30)31)9-10-23(17)34-12-11-33(16-25(21)34)24-8-3-2-7-22(24)28/h2-10,13,15,21,25H,11-12,14,16H2,1H3,(H,32,35)/t21-,25-/m0/s1. The molecule has 3 aromatic carbocycles. The predicted molar refractivity (Wildman–Crippen MR) is 130 cm³/mol. The zero-order valence-electron chi connectivity index (χ0n) is 19.6. The summed E-state index contributed by atoms with van der Waals surface area (Å²) in [5.74, 6) is -0.741. The molecule has 2 atom stereocenters. The minimum atomic E-state index is -4.48. The van der Waals surface area contributed by atoms with Gasteiger partial charge in [0.15, 0.2) is 0 Å². The molecule has 0 aromatic heterocycles. The number of alkyl halides is 3. The van der Waals surface area contributed by atoms with Gasteiger partial charge in [0.2, 0.25) is 5.91 Å². The van der Waals surface area contributed by atoms with E-state index in [9.17, 15) is 22.4 Å². The summed E-state index contributed by atoms with van der Waals surface area (Å²) in [5, 5.41) is 2.90. The van der Waals surface area contributed by atoms with Gasteiger partial charge in [-0.25, -0.2) is 4.39 Å². The minimum Gasteiger partial charge on any atom is -0.497 e. The van der Waals surface area contributed by atoms with Crippen molar-refractivity contribution in [3.05, 3.63) is 83.7 Å². The number of halogens is 4. The van der Waals surface area contributed by atoms with E-state index in [1.165, 1.54) is 19.2 Å². The van der Waals surface area contributed by atoms with E-state index in [4.69, 9.17) is 4.74 Å². The first-order valence-electron chi connectivity index (χ1n) is 11.7. The minimum absolute atomic E-state index is 0.140. The van der Waals surface area contributed by atoms with E-state index in [2.05, 4.69) is 5.32 Å². The molecule has 5 rings (SSSR count). The normalized spacial score (nSPS) is 19.4. The van der Waals surface area contributed by atoms with Crippen molar-refractivity contribution in [1.29, 1.82) is 0 Å². The Hall–Kier alpha value is -3.75. The number of amides is 1. The Morgan fingerprint density at radius 3 is 2.56 bits per heavy atom. The van der Waals surface area contributed by atoms with E-state index >= 15 is 0 Å². The summed E-state index contributed by atoms with van der Waals surface area (Å²) >= 11 is 0. The maximum absolute atomic E-state index is 14.6. The van der Waals surface area contributed by atoms with Crippen molar-refractivity contribution in [2.75, 3.05) is 41.9 Å². The van der Waals surface area contributed by atoms with E-state index in [-0.39, 0.29) is 24.2 Å². The van der Waals surface area contributed by atoms with Crippen LogP contribution in [-0.4, -0.2) is 38.7 Å². The van der Waals surface area contributed by atoms with E-state index < -0.39 is 17.7 Å². The molecular formula is C27H25F4N3O2. The van der Waals surface area contributed by atoms with Gasteiger partial charge in [-0.1, -0.05) is 18.2 Å². The molecule has 1 saturated heterocycles. The fourth-order valence-electron chi connectivity index (χ4n) is 5.16. The maximum Gasteiger partial charge on any atom is 0.416 e. The molecule has 0 bridgehead atoms. The van der Waals surface area contributed by atoms with Gasteiger partial charge in [0.25, 0.3) is 0 Å². The lowest BCUT2D eigenvalue weighted by Gasteiger charge is -2.49. The SMILES string of the molecule is COc1cccc(NC(=O)[C@H]2Cc3cc(C(F)(F)F)ccc3N3CCN(c4ccccc4F)C[C@@H]23)c1. The number of fused-ring (bicyclic) bond motifs is 3. The average Bonchev–Trinajstić information content (AvgIpc) is 2.87. The monoisotopic (exact) mass is 499 g/mol. The van der Waals surface area contributed by atoms with E-state index in [0.29, 0.717) is 48.0 Å². The Labute approximate surface area is 206 Å². The van der Waals surface area contributed by atoms with Crippen LogP contribution in [0.25, 0.3) is 0 Å². The third-order valence-electron chi connectivity index (χ3n) is 6.91. The first-order chi connectivity index (χ1) is 17.2. The lowest BCUT2D eigenvalue weighted by molar-refractivity contribution is -0.137. The number of para-hydroxylation sites is 1. The summed E-state index contributed by atoms with van der Waals surface area (Å²) in [4.78, 5) is 17.4. The third kappa shape index (κ3) is 4.57. The van der Waals surface area contributed by atoms with Crippen LogP contribution in [0.4, 0.5) is 34.6 Å². The molecule has 5 nitrogen and oxygen atoms in total. The smallest absolute Gasteiger partial charge is 0.416 e. The molecule has 0 aliphatic carbocycles. The quantitative estimate of drug-likeness (QED) is 0.491. The van der Waals surface area contributed by atoms with Gasteiger partial charge in [0.1, 0.15) is 11.6 Å². The number of benzene rings is 3. The second-order valence-electron chi connectivity index (χ2n) is 9.03. The van der Waals surface area contributed by atoms with Gasteiger partial charge < -0.3 is 19.9 Å². The zero-order chi connectivity index (χ0) is 25.4. The average molecular weight is 500 g/mol. The van der Waals surface area contributed by atoms with Crippen LogP contribution in [0.3, 0.4) is 0 Å². The molecule has 3 aromatic rings. The molecule has 9 heteroatoms. The molecule has 2 aliphatic rings. The summed E-state index contributed by atoms with van der Waals surface area (Å²) in [5.41, 5.74) is 1.40. The molecule has 1 amide bonds. The molecule has 0 radical (unpaired) electrons. The van der Waals surface area contributed by atoms with Crippen LogP contribution in [0.2, 0.25) is 0 Å². The highest BCUT2D eigenvalue weighted by molar-refractivity contribution is 5.94. The molecule has 1 fully saturated rings. The van der Waals surface area contributed by atoms with Crippen molar-refractivity contribution >= 4 is 23.0 Å². The van der Waals surface area contributed by atoms with Crippen molar-refractivity contribution < 1.29 is 27.1 Å². The van der Waals surface area contributed by atoms with E-state index in [1.54, 1.807) is 42.5 Å². The highest BCUT2D eigenvalue weighted by Crippen LogP contribution is 2.40. The number of methoxy groups -OCH3 is 1. The Morgan fingerprint density at radius 1 is 1.00 bits per heavy atom. The fourth-order valence-corrected chi connectivity index (χ4v) is 5.16. The van der Waals surface area contributed by atoms with Crippen LogP contribution >= 0.6 is 0 Å². The second kappa shape index (κ2) is 9.37. The Balaban J connectivity index is 1.49. The number of nitrogens with one attached hydrogen (secondary N) is 1. The number of nitrogens with zero attached hydrogens (tertiary/aromatic N) is 2. The first kappa shape index (κ1) is 24.0. The topological polar surface area (TPSA) is 44.8 Å². The Morgan fingerprint density at radius 2 is 1.81 bits per heavy atom. The van der Waals surface area contributed by atoms with Crippen molar-refractivity contribution in [2.24, 2.45) is 5.92 Å². The number of hydrogen-bond donors (Lipinski definition) is 1. The van der Waals surface area contributed by atoms with Crippen molar-refractivity contribution in [1.82, 2.24) is 0 Å². The molecule has 2 aliphatic heterocycles. The van der Waals surface area contributed by atoms with Gasteiger partial charge in [-0.2, -0.15) is 13.2 Å². The van der Waals surface area contributed by atoms with Crippen LogP contribution < -0.4 is 19.9 Å². The van der Waals surface area contributed by atoms with Gasteiger partial charge in [-0.05, 0) is 54.4 Å². The number of ether oxygens (including phenoxy) is 1. The summed E-state index contributed by atoms with van der Waals surface area (Å²) < 4.78 is 60.1. The van der Waals surface area contributed by atoms with Crippen molar-refractivity contribution in [3.8, 4) is 5.75 Å². The highest BCUT2D eigenvalue weighted by Gasteiger charge is 2.43. The number of rotatable bonds is 4.